The molecule has 7 nitrogen and oxygen atoms in total. The summed E-state index contributed by atoms with van der Waals surface area (Å²) in [6, 6.07) is 4.98. The first-order chi connectivity index (χ1) is 13.0. The van der Waals surface area contributed by atoms with Crippen molar-refractivity contribution in [2.75, 3.05) is 11.9 Å². The minimum absolute atomic E-state index is 0.410. The van der Waals surface area contributed by atoms with Gasteiger partial charge < -0.3 is 14.8 Å². The van der Waals surface area contributed by atoms with Gasteiger partial charge in [-0.15, -0.1) is 0 Å². The van der Waals surface area contributed by atoms with Crippen molar-refractivity contribution in [3.05, 3.63) is 29.3 Å². The second-order valence-electron chi connectivity index (χ2n) is 8.17. The summed E-state index contributed by atoms with van der Waals surface area (Å²) >= 11 is 0. The van der Waals surface area contributed by atoms with Crippen LogP contribution in [0.2, 0.25) is 0 Å². The standard InChI is InChI=1S/C21H30N2O5/c1-13-9-7-10-14(2)17(13)22-18(24)15(3)27-19(25)16-11-8-12-23(16)20(26)28-21(4,5)6/h7,9-10,15-16H,8,11-12H2,1-6H3,(H,22,24)/t15-,16+/m1/s1. The average molecular weight is 390 g/mol. The fourth-order valence-electron chi connectivity index (χ4n) is 3.09. The van der Waals surface area contributed by atoms with Gasteiger partial charge in [-0.2, -0.15) is 0 Å². The van der Waals surface area contributed by atoms with Crippen molar-refractivity contribution in [1.29, 1.82) is 0 Å². The molecular weight excluding hydrogens is 360 g/mol. The van der Waals surface area contributed by atoms with Gasteiger partial charge in [0, 0.05) is 12.2 Å². The lowest BCUT2D eigenvalue weighted by atomic mass is 10.1. The van der Waals surface area contributed by atoms with Crippen molar-refractivity contribution in [3.8, 4) is 0 Å². The first-order valence-electron chi connectivity index (χ1n) is 9.57. The first-order valence-corrected chi connectivity index (χ1v) is 9.57. The lowest BCUT2D eigenvalue weighted by molar-refractivity contribution is -0.157. The molecule has 28 heavy (non-hydrogen) atoms. The van der Waals surface area contributed by atoms with Gasteiger partial charge in [0.2, 0.25) is 0 Å². The highest BCUT2D eigenvalue weighted by atomic mass is 16.6. The summed E-state index contributed by atoms with van der Waals surface area (Å²) in [5.41, 5.74) is 1.93. The van der Waals surface area contributed by atoms with Crippen molar-refractivity contribution in [1.82, 2.24) is 4.90 Å². The van der Waals surface area contributed by atoms with E-state index in [4.69, 9.17) is 9.47 Å². The van der Waals surface area contributed by atoms with Crippen LogP contribution in [-0.2, 0) is 19.1 Å². The van der Waals surface area contributed by atoms with Crippen molar-refractivity contribution in [2.45, 2.75) is 72.1 Å². The number of likely N-dealkylation sites (tertiary alicyclic amines) is 1. The van der Waals surface area contributed by atoms with E-state index in [2.05, 4.69) is 5.32 Å². The van der Waals surface area contributed by atoms with E-state index in [0.717, 1.165) is 11.1 Å². The van der Waals surface area contributed by atoms with Crippen LogP contribution in [0.1, 0.15) is 51.7 Å². The number of carbonyl (C=O) groups excluding carboxylic acids is 3. The lowest BCUT2D eigenvalue weighted by Crippen LogP contribution is -2.45. The SMILES string of the molecule is Cc1cccc(C)c1NC(=O)[C@@H](C)OC(=O)[C@@H]1CCCN1C(=O)OC(C)(C)C. The van der Waals surface area contributed by atoms with E-state index in [1.165, 1.54) is 11.8 Å². The van der Waals surface area contributed by atoms with Gasteiger partial charge in [0.05, 0.1) is 0 Å². The van der Waals surface area contributed by atoms with Crippen LogP contribution >= 0.6 is 0 Å². The molecule has 2 atom stereocenters. The van der Waals surface area contributed by atoms with Crippen LogP contribution in [0.5, 0.6) is 0 Å². The Balaban J connectivity index is 1.99. The topological polar surface area (TPSA) is 84.9 Å². The maximum Gasteiger partial charge on any atom is 0.411 e. The van der Waals surface area contributed by atoms with Gasteiger partial charge in [-0.1, -0.05) is 18.2 Å². The highest BCUT2D eigenvalue weighted by Gasteiger charge is 2.38. The molecule has 1 N–H and O–H groups in total. The van der Waals surface area contributed by atoms with Crippen molar-refractivity contribution >= 4 is 23.7 Å². The van der Waals surface area contributed by atoms with Crippen LogP contribution < -0.4 is 5.32 Å². The third-order valence-corrected chi connectivity index (χ3v) is 4.54. The second-order valence-corrected chi connectivity index (χ2v) is 8.17. The number of esters is 1. The van der Waals surface area contributed by atoms with E-state index in [1.54, 1.807) is 20.8 Å². The largest absolute Gasteiger partial charge is 0.451 e. The molecule has 1 aliphatic heterocycles. The molecule has 1 heterocycles. The van der Waals surface area contributed by atoms with Gasteiger partial charge >= 0.3 is 12.1 Å². The number of anilines is 1. The third-order valence-electron chi connectivity index (χ3n) is 4.54. The number of ether oxygens (including phenoxy) is 2. The summed E-state index contributed by atoms with van der Waals surface area (Å²) in [6.45, 7) is 11.1. The Bertz CT molecular complexity index is 733. The highest BCUT2D eigenvalue weighted by Crippen LogP contribution is 2.23. The van der Waals surface area contributed by atoms with Crippen LogP contribution in [0.4, 0.5) is 10.5 Å². The minimum Gasteiger partial charge on any atom is -0.451 e. The Hall–Kier alpha value is -2.57. The van der Waals surface area contributed by atoms with Crippen LogP contribution in [-0.4, -0.2) is 47.2 Å². The summed E-state index contributed by atoms with van der Waals surface area (Å²) in [4.78, 5) is 38.8. The third kappa shape index (κ3) is 5.47. The second kappa shape index (κ2) is 8.63. The number of hydrogen-bond donors (Lipinski definition) is 1. The molecule has 0 spiro atoms. The van der Waals surface area contributed by atoms with E-state index in [-0.39, 0.29) is 0 Å². The molecule has 2 amide bonds. The fourth-order valence-corrected chi connectivity index (χ4v) is 3.09. The van der Waals surface area contributed by atoms with Crippen LogP contribution in [0.15, 0.2) is 18.2 Å². The molecule has 0 aliphatic carbocycles. The zero-order valence-corrected chi connectivity index (χ0v) is 17.5. The zero-order chi connectivity index (χ0) is 21.1. The normalized spacial score (nSPS) is 17.8. The fraction of sp³-hybridized carbons (Fsp3) is 0.571. The summed E-state index contributed by atoms with van der Waals surface area (Å²) in [5.74, 6) is -1.000. The average Bonchev–Trinajstić information content (AvgIpc) is 3.06. The maximum absolute atomic E-state index is 12.6. The molecule has 1 aliphatic rings. The summed E-state index contributed by atoms with van der Waals surface area (Å²) in [5, 5.41) is 2.82. The molecule has 1 fully saturated rings. The van der Waals surface area contributed by atoms with Crippen LogP contribution in [0, 0.1) is 13.8 Å². The number of para-hydroxylation sites is 1. The summed E-state index contributed by atoms with van der Waals surface area (Å²) in [7, 11) is 0. The zero-order valence-electron chi connectivity index (χ0n) is 17.5. The van der Waals surface area contributed by atoms with Gasteiger partial charge in [0.15, 0.2) is 6.10 Å². The monoisotopic (exact) mass is 390 g/mol. The Morgan fingerprint density at radius 3 is 2.36 bits per heavy atom. The van der Waals surface area contributed by atoms with E-state index >= 15 is 0 Å². The predicted molar refractivity (Wildman–Crippen MR) is 106 cm³/mol. The molecule has 7 heteroatoms. The van der Waals surface area contributed by atoms with E-state index < -0.39 is 35.7 Å². The number of nitrogens with zero attached hydrogens (tertiary/aromatic N) is 1. The van der Waals surface area contributed by atoms with Gasteiger partial charge in [-0.25, -0.2) is 9.59 Å². The molecule has 0 radical (unpaired) electrons. The number of hydrogen-bond acceptors (Lipinski definition) is 5. The summed E-state index contributed by atoms with van der Waals surface area (Å²) < 4.78 is 10.7. The molecule has 1 saturated heterocycles. The number of rotatable bonds is 4. The number of carbonyl (C=O) groups is 3. The van der Waals surface area contributed by atoms with Crippen molar-refractivity contribution in [2.24, 2.45) is 0 Å². The van der Waals surface area contributed by atoms with E-state index in [9.17, 15) is 14.4 Å². The maximum atomic E-state index is 12.6. The Kier molecular flexibility index (Phi) is 6.69. The van der Waals surface area contributed by atoms with Crippen LogP contribution in [0.25, 0.3) is 0 Å². The molecule has 0 saturated carbocycles. The minimum atomic E-state index is -0.979. The predicted octanol–water partition coefficient (Wildman–Crippen LogP) is 3.57. The highest BCUT2D eigenvalue weighted by molar-refractivity contribution is 5.96. The van der Waals surface area contributed by atoms with Crippen molar-refractivity contribution in [3.63, 3.8) is 0 Å². The van der Waals surface area contributed by atoms with Gasteiger partial charge in [0.1, 0.15) is 11.6 Å². The molecule has 0 aromatic heterocycles. The first kappa shape index (κ1) is 21.7. The summed E-state index contributed by atoms with van der Waals surface area (Å²) in [6.07, 6.45) is -0.349. The van der Waals surface area contributed by atoms with Crippen molar-refractivity contribution < 1.29 is 23.9 Å². The Morgan fingerprint density at radius 1 is 1.18 bits per heavy atom. The van der Waals surface area contributed by atoms with E-state index in [0.29, 0.717) is 25.1 Å². The smallest absolute Gasteiger partial charge is 0.411 e. The molecule has 1 aromatic carbocycles. The lowest BCUT2D eigenvalue weighted by Gasteiger charge is -2.28. The molecule has 154 valence electrons. The Morgan fingerprint density at radius 2 is 1.79 bits per heavy atom. The number of aryl methyl sites for hydroxylation is 2. The van der Waals surface area contributed by atoms with Gasteiger partial charge in [-0.3, -0.25) is 9.69 Å². The van der Waals surface area contributed by atoms with Gasteiger partial charge in [-0.05, 0) is 65.5 Å². The molecule has 0 unspecified atom stereocenters. The Labute approximate surface area is 166 Å². The quantitative estimate of drug-likeness (QED) is 0.795. The number of amides is 2. The van der Waals surface area contributed by atoms with Crippen LogP contribution in [0.3, 0.4) is 0 Å². The number of benzene rings is 1. The van der Waals surface area contributed by atoms with Gasteiger partial charge in [0.25, 0.3) is 5.91 Å². The number of nitrogens with one attached hydrogen (secondary N) is 1. The molecule has 2 rings (SSSR count). The molecule has 1 aromatic rings. The molecular formula is C21H30N2O5. The van der Waals surface area contributed by atoms with E-state index in [1.807, 2.05) is 32.0 Å². The molecule has 0 bridgehead atoms.